The number of hydrogen-bond donors (Lipinski definition) is 1. The van der Waals surface area contributed by atoms with E-state index < -0.39 is 6.10 Å². The molecular weight excluding hydrogens is 226 g/mol. The summed E-state index contributed by atoms with van der Waals surface area (Å²) < 4.78 is 5.69. The number of nitrogens with zero attached hydrogens (tertiary/aromatic N) is 1. The molecule has 1 saturated heterocycles. The van der Waals surface area contributed by atoms with Gasteiger partial charge in [0.05, 0.1) is 18.8 Å². The summed E-state index contributed by atoms with van der Waals surface area (Å²) in [4.78, 5) is 2.33. The summed E-state index contributed by atoms with van der Waals surface area (Å²) in [5.74, 6) is 0. The molecular formula is C15H23NO2. The Hall–Kier alpha value is -0.900. The summed E-state index contributed by atoms with van der Waals surface area (Å²) in [6.07, 6.45) is 0.202. The lowest BCUT2D eigenvalue weighted by Crippen LogP contribution is -2.48. The highest BCUT2D eigenvalue weighted by atomic mass is 16.5. The van der Waals surface area contributed by atoms with Crippen molar-refractivity contribution in [1.29, 1.82) is 0 Å². The summed E-state index contributed by atoms with van der Waals surface area (Å²) in [6, 6.07) is 8.22. The van der Waals surface area contributed by atoms with Crippen LogP contribution in [0.5, 0.6) is 0 Å². The summed E-state index contributed by atoms with van der Waals surface area (Å²) in [7, 11) is 0. The second-order valence-electron chi connectivity index (χ2n) is 5.00. The first-order chi connectivity index (χ1) is 8.70. The fourth-order valence-corrected chi connectivity index (χ4v) is 2.45. The van der Waals surface area contributed by atoms with Gasteiger partial charge in [0.15, 0.2) is 0 Å². The van der Waals surface area contributed by atoms with E-state index in [-0.39, 0.29) is 6.10 Å². The Balaban J connectivity index is 1.95. The minimum atomic E-state index is -0.416. The predicted octanol–water partition coefficient (Wildman–Crippen LogP) is 1.62. The monoisotopic (exact) mass is 249 g/mol. The number of benzene rings is 1. The zero-order chi connectivity index (χ0) is 13.0. The summed E-state index contributed by atoms with van der Waals surface area (Å²) in [5.41, 5.74) is 2.45. The molecule has 1 fully saturated rings. The number of rotatable bonds is 4. The standard InChI is InChI=1S/C15H23NO2/c1-3-16-8-9-18-15(11-16)14(17)10-13-7-5-4-6-12(13)2/h4-7,14-15,17H,3,8-11H2,1-2H3. The lowest BCUT2D eigenvalue weighted by atomic mass is 9.99. The second kappa shape index (κ2) is 6.32. The normalized spacial score (nSPS) is 22.9. The summed E-state index contributed by atoms with van der Waals surface area (Å²) in [6.45, 7) is 7.80. The number of hydrogen-bond acceptors (Lipinski definition) is 3. The van der Waals surface area contributed by atoms with Gasteiger partial charge in [0, 0.05) is 19.5 Å². The van der Waals surface area contributed by atoms with Crippen LogP contribution >= 0.6 is 0 Å². The van der Waals surface area contributed by atoms with E-state index in [1.54, 1.807) is 0 Å². The lowest BCUT2D eigenvalue weighted by Gasteiger charge is -2.34. The number of likely N-dealkylation sites (N-methyl/N-ethyl adjacent to an activating group) is 1. The molecule has 2 atom stereocenters. The highest BCUT2D eigenvalue weighted by Crippen LogP contribution is 2.15. The van der Waals surface area contributed by atoms with Crippen molar-refractivity contribution in [2.24, 2.45) is 0 Å². The Kier molecular flexibility index (Phi) is 4.75. The second-order valence-corrected chi connectivity index (χ2v) is 5.00. The summed E-state index contributed by atoms with van der Waals surface area (Å²) in [5, 5.41) is 10.3. The van der Waals surface area contributed by atoms with Crippen molar-refractivity contribution >= 4 is 0 Å². The zero-order valence-electron chi connectivity index (χ0n) is 11.3. The highest BCUT2D eigenvalue weighted by Gasteiger charge is 2.26. The number of aliphatic hydroxyl groups excluding tert-OH is 1. The minimum Gasteiger partial charge on any atom is -0.390 e. The molecule has 1 aromatic rings. The third-order valence-electron chi connectivity index (χ3n) is 3.74. The van der Waals surface area contributed by atoms with E-state index in [1.807, 2.05) is 12.1 Å². The highest BCUT2D eigenvalue weighted by molar-refractivity contribution is 5.26. The number of aryl methyl sites for hydroxylation is 1. The van der Waals surface area contributed by atoms with E-state index in [0.29, 0.717) is 6.42 Å². The van der Waals surface area contributed by atoms with E-state index in [2.05, 4.69) is 30.9 Å². The van der Waals surface area contributed by atoms with Crippen LogP contribution in [0.1, 0.15) is 18.1 Å². The molecule has 2 rings (SSSR count). The van der Waals surface area contributed by atoms with Crippen molar-refractivity contribution in [2.45, 2.75) is 32.5 Å². The van der Waals surface area contributed by atoms with Crippen LogP contribution in [-0.2, 0) is 11.2 Å². The van der Waals surface area contributed by atoms with Gasteiger partial charge < -0.3 is 9.84 Å². The maximum atomic E-state index is 10.3. The molecule has 2 unspecified atom stereocenters. The minimum absolute atomic E-state index is 0.0571. The molecule has 0 spiro atoms. The van der Waals surface area contributed by atoms with E-state index in [4.69, 9.17) is 4.74 Å². The third-order valence-corrected chi connectivity index (χ3v) is 3.74. The fourth-order valence-electron chi connectivity index (χ4n) is 2.45. The Morgan fingerprint density at radius 2 is 2.22 bits per heavy atom. The first-order valence-electron chi connectivity index (χ1n) is 6.77. The fraction of sp³-hybridized carbons (Fsp3) is 0.600. The molecule has 0 aromatic heterocycles. The molecule has 100 valence electrons. The van der Waals surface area contributed by atoms with Crippen LogP contribution in [0.2, 0.25) is 0 Å². The SMILES string of the molecule is CCN1CCOC(C(O)Cc2ccccc2C)C1. The Labute approximate surface area is 109 Å². The van der Waals surface area contributed by atoms with E-state index in [0.717, 1.165) is 26.2 Å². The van der Waals surface area contributed by atoms with Gasteiger partial charge >= 0.3 is 0 Å². The van der Waals surface area contributed by atoms with Crippen molar-refractivity contribution in [3.63, 3.8) is 0 Å². The first-order valence-corrected chi connectivity index (χ1v) is 6.77. The molecule has 18 heavy (non-hydrogen) atoms. The zero-order valence-corrected chi connectivity index (χ0v) is 11.3. The Bertz CT molecular complexity index is 381. The smallest absolute Gasteiger partial charge is 0.0964 e. The van der Waals surface area contributed by atoms with Gasteiger partial charge in [-0.1, -0.05) is 31.2 Å². The predicted molar refractivity (Wildman–Crippen MR) is 72.7 cm³/mol. The van der Waals surface area contributed by atoms with E-state index in [9.17, 15) is 5.11 Å². The Morgan fingerprint density at radius 1 is 1.44 bits per heavy atom. The maximum Gasteiger partial charge on any atom is 0.0964 e. The van der Waals surface area contributed by atoms with Crippen molar-refractivity contribution in [2.75, 3.05) is 26.2 Å². The van der Waals surface area contributed by atoms with Gasteiger partial charge in [-0.3, -0.25) is 4.90 Å². The van der Waals surface area contributed by atoms with Crippen molar-refractivity contribution < 1.29 is 9.84 Å². The van der Waals surface area contributed by atoms with Crippen LogP contribution in [0.25, 0.3) is 0 Å². The van der Waals surface area contributed by atoms with Gasteiger partial charge in [0.25, 0.3) is 0 Å². The van der Waals surface area contributed by atoms with Gasteiger partial charge in [0.2, 0.25) is 0 Å². The van der Waals surface area contributed by atoms with Crippen LogP contribution in [0, 0.1) is 6.92 Å². The van der Waals surface area contributed by atoms with Gasteiger partial charge in [-0.15, -0.1) is 0 Å². The van der Waals surface area contributed by atoms with Gasteiger partial charge in [-0.2, -0.15) is 0 Å². The van der Waals surface area contributed by atoms with Crippen molar-refractivity contribution in [3.05, 3.63) is 35.4 Å². The van der Waals surface area contributed by atoms with Gasteiger partial charge in [-0.25, -0.2) is 0 Å². The molecule has 0 amide bonds. The molecule has 0 radical (unpaired) electrons. The van der Waals surface area contributed by atoms with Crippen LogP contribution in [0.3, 0.4) is 0 Å². The van der Waals surface area contributed by atoms with Crippen LogP contribution in [0.4, 0.5) is 0 Å². The molecule has 0 bridgehead atoms. The van der Waals surface area contributed by atoms with Crippen LogP contribution in [0.15, 0.2) is 24.3 Å². The average molecular weight is 249 g/mol. The van der Waals surface area contributed by atoms with Crippen LogP contribution in [-0.4, -0.2) is 48.5 Å². The Morgan fingerprint density at radius 3 is 2.94 bits per heavy atom. The number of ether oxygens (including phenoxy) is 1. The van der Waals surface area contributed by atoms with Gasteiger partial charge in [0.1, 0.15) is 0 Å². The van der Waals surface area contributed by atoms with Crippen molar-refractivity contribution in [3.8, 4) is 0 Å². The number of aliphatic hydroxyl groups is 1. The number of morpholine rings is 1. The summed E-state index contributed by atoms with van der Waals surface area (Å²) >= 11 is 0. The van der Waals surface area contributed by atoms with E-state index in [1.165, 1.54) is 11.1 Å². The van der Waals surface area contributed by atoms with Crippen molar-refractivity contribution in [1.82, 2.24) is 4.90 Å². The van der Waals surface area contributed by atoms with Crippen LogP contribution < -0.4 is 0 Å². The molecule has 1 heterocycles. The molecule has 1 aromatic carbocycles. The van der Waals surface area contributed by atoms with Gasteiger partial charge in [-0.05, 0) is 24.6 Å². The molecule has 0 aliphatic carbocycles. The maximum absolute atomic E-state index is 10.3. The quantitative estimate of drug-likeness (QED) is 0.880. The topological polar surface area (TPSA) is 32.7 Å². The lowest BCUT2D eigenvalue weighted by molar-refractivity contribution is -0.0867. The first kappa shape index (κ1) is 13.5. The molecule has 1 aliphatic heterocycles. The largest absolute Gasteiger partial charge is 0.390 e. The molecule has 1 N–H and O–H groups in total. The average Bonchev–Trinajstić information content (AvgIpc) is 2.41. The third kappa shape index (κ3) is 3.31. The molecule has 0 saturated carbocycles. The molecule has 3 nitrogen and oxygen atoms in total. The molecule has 3 heteroatoms. The van der Waals surface area contributed by atoms with E-state index >= 15 is 0 Å². The molecule has 1 aliphatic rings.